The number of carboxylic acid groups (broad SMARTS) is 2. The van der Waals surface area contributed by atoms with Crippen LogP contribution in [0.15, 0.2) is 30.9 Å². The summed E-state index contributed by atoms with van der Waals surface area (Å²) < 4.78 is 0. The lowest BCUT2D eigenvalue weighted by Crippen LogP contribution is -2.60. The van der Waals surface area contributed by atoms with Gasteiger partial charge in [-0.1, -0.05) is 25.0 Å². The number of likely N-dealkylation sites (tertiary alicyclic amines) is 1. The second-order valence-electron chi connectivity index (χ2n) is 8.72. The van der Waals surface area contributed by atoms with Crippen molar-refractivity contribution in [1.29, 1.82) is 0 Å². The van der Waals surface area contributed by atoms with Crippen LogP contribution in [0.4, 0.5) is 0 Å². The number of nitrogens with zero attached hydrogens (tertiary/aromatic N) is 1. The molecule has 2 aliphatic carbocycles. The molecule has 0 amide bonds. The number of phenols is 1. The first-order chi connectivity index (χ1) is 14.7. The van der Waals surface area contributed by atoms with Crippen molar-refractivity contribution in [2.45, 2.75) is 62.2 Å². The van der Waals surface area contributed by atoms with E-state index in [4.69, 9.17) is 20.4 Å². The van der Waals surface area contributed by atoms with E-state index in [1.165, 1.54) is 49.8 Å². The van der Waals surface area contributed by atoms with Crippen LogP contribution in [0.3, 0.4) is 0 Å². The van der Waals surface area contributed by atoms with Crippen molar-refractivity contribution in [2.24, 2.45) is 5.92 Å². The molecule has 0 unspecified atom stereocenters. The summed E-state index contributed by atoms with van der Waals surface area (Å²) in [5.74, 6) is -2.32. The summed E-state index contributed by atoms with van der Waals surface area (Å²) in [7, 11) is 0. The van der Waals surface area contributed by atoms with Crippen LogP contribution < -0.4 is 0 Å². The van der Waals surface area contributed by atoms with Gasteiger partial charge >= 0.3 is 11.9 Å². The summed E-state index contributed by atoms with van der Waals surface area (Å²) in [6.45, 7) is 6.15. The monoisotopic (exact) mass is 433 g/mol. The molecule has 2 bridgehead atoms. The number of rotatable bonds is 5. The number of carbonyl (C=O) groups is 2. The first-order valence-corrected chi connectivity index (χ1v) is 10.7. The minimum atomic E-state index is -2.27. The number of phenolic OH excluding ortho intramolecular Hbond substituents is 1. The predicted molar refractivity (Wildman–Crippen MR) is 113 cm³/mol. The van der Waals surface area contributed by atoms with E-state index in [0.717, 1.165) is 18.9 Å². The van der Waals surface area contributed by atoms with Crippen molar-refractivity contribution in [3.05, 3.63) is 42.0 Å². The zero-order valence-corrected chi connectivity index (χ0v) is 17.5. The maximum atomic E-state index is 9.98. The van der Waals surface area contributed by atoms with Gasteiger partial charge in [0.15, 0.2) is 12.2 Å². The molecular formula is C23H31NO7. The van der Waals surface area contributed by atoms with Gasteiger partial charge in [-0.05, 0) is 61.4 Å². The summed E-state index contributed by atoms with van der Waals surface area (Å²) in [6, 6.07) is 6.79. The summed E-state index contributed by atoms with van der Waals surface area (Å²) in [4.78, 5) is 22.2. The molecule has 31 heavy (non-hydrogen) atoms. The van der Waals surface area contributed by atoms with E-state index in [9.17, 15) is 14.7 Å². The minimum Gasteiger partial charge on any atom is -0.508 e. The lowest BCUT2D eigenvalue weighted by Gasteiger charge is -2.59. The van der Waals surface area contributed by atoms with Gasteiger partial charge in [0.1, 0.15) is 5.75 Å². The molecule has 1 aliphatic heterocycles. The molecule has 0 radical (unpaired) electrons. The fourth-order valence-electron chi connectivity index (χ4n) is 5.74. The Labute approximate surface area is 181 Å². The summed E-state index contributed by atoms with van der Waals surface area (Å²) in [6.07, 6.45) is 5.31. The Hall–Kier alpha value is -2.42. The minimum absolute atomic E-state index is 0.340. The second kappa shape index (κ2) is 9.38. The first-order valence-electron chi connectivity index (χ1n) is 10.7. The van der Waals surface area contributed by atoms with Crippen molar-refractivity contribution in [2.75, 3.05) is 13.1 Å². The largest absolute Gasteiger partial charge is 0.508 e. The molecule has 5 atom stereocenters. The van der Waals surface area contributed by atoms with Crippen molar-refractivity contribution >= 4 is 11.9 Å². The smallest absolute Gasteiger partial charge is 0.335 e. The Kier molecular flexibility index (Phi) is 7.03. The van der Waals surface area contributed by atoms with E-state index in [2.05, 4.69) is 29.7 Å². The number of aromatic hydroxyl groups is 1. The van der Waals surface area contributed by atoms with E-state index < -0.39 is 24.1 Å². The van der Waals surface area contributed by atoms with Crippen molar-refractivity contribution in [3.8, 4) is 5.75 Å². The third-order valence-electron chi connectivity index (χ3n) is 7.10. The molecule has 1 aromatic rings. The SMILES string of the molecule is C=CCN1CC[C@@]23CCCC[C@@H]2[C@@H]1Cc1ccc(O)cc13.O=C(O)[C@@H](O)[C@@H](O)C(=O)O. The van der Waals surface area contributed by atoms with E-state index in [-0.39, 0.29) is 0 Å². The van der Waals surface area contributed by atoms with Crippen LogP contribution >= 0.6 is 0 Å². The molecule has 2 fully saturated rings. The highest BCUT2D eigenvalue weighted by Gasteiger charge is 2.53. The third kappa shape index (κ3) is 4.46. The van der Waals surface area contributed by atoms with Gasteiger partial charge in [-0.2, -0.15) is 0 Å². The van der Waals surface area contributed by atoms with Crippen LogP contribution in [-0.2, 0) is 21.4 Å². The van der Waals surface area contributed by atoms with E-state index >= 15 is 0 Å². The number of carboxylic acids is 2. The van der Waals surface area contributed by atoms with Crippen molar-refractivity contribution < 1.29 is 35.1 Å². The molecule has 5 N–H and O–H groups in total. The lowest BCUT2D eigenvalue weighted by molar-refractivity contribution is -0.165. The number of aliphatic hydroxyl groups is 2. The van der Waals surface area contributed by atoms with Crippen LogP contribution in [0.2, 0.25) is 0 Å². The van der Waals surface area contributed by atoms with E-state index in [0.29, 0.717) is 17.2 Å². The normalized spacial score (nSPS) is 28.7. The Bertz CT molecular complexity index is 823. The highest BCUT2D eigenvalue weighted by Crippen LogP contribution is 2.56. The Morgan fingerprint density at radius 3 is 2.45 bits per heavy atom. The molecule has 1 heterocycles. The molecule has 4 rings (SSSR count). The fourth-order valence-corrected chi connectivity index (χ4v) is 5.74. The first kappa shape index (κ1) is 23.2. The molecule has 0 aromatic heterocycles. The summed E-state index contributed by atoms with van der Waals surface area (Å²) in [5.41, 5.74) is 3.29. The molecule has 8 nitrogen and oxygen atoms in total. The van der Waals surface area contributed by atoms with Gasteiger partial charge < -0.3 is 25.5 Å². The van der Waals surface area contributed by atoms with Crippen LogP contribution in [0, 0.1) is 5.92 Å². The van der Waals surface area contributed by atoms with Crippen LogP contribution in [0.25, 0.3) is 0 Å². The molecule has 8 heteroatoms. The lowest BCUT2D eigenvalue weighted by atomic mass is 9.52. The molecule has 170 valence electrons. The van der Waals surface area contributed by atoms with Gasteiger partial charge in [-0.25, -0.2) is 9.59 Å². The van der Waals surface area contributed by atoms with Gasteiger partial charge in [-0.3, -0.25) is 4.90 Å². The van der Waals surface area contributed by atoms with Gasteiger partial charge in [0.05, 0.1) is 0 Å². The van der Waals surface area contributed by atoms with Gasteiger partial charge in [0.2, 0.25) is 0 Å². The highest BCUT2D eigenvalue weighted by molar-refractivity contribution is 5.83. The summed E-state index contributed by atoms with van der Waals surface area (Å²) in [5, 5.41) is 42.5. The zero-order chi connectivity index (χ0) is 22.8. The van der Waals surface area contributed by atoms with E-state index in [1.54, 1.807) is 0 Å². The number of aliphatic carboxylic acids is 2. The number of benzene rings is 1. The topological polar surface area (TPSA) is 139 Å². The van der Waals surface area contributed by atoms with Crippen molar-refractivity contribution in [3.63, 3.8) is 0 Å². The van der Waals surface area contributed by atoms with Gasteiger partial charge in [0.25, 0.3) is 0 Å². The molecule has 1 aromatic carbocycles. The second-order valence-corrected chi connectivity index (χ2v) is 8.72. The number of fused-ring (bicyclic) bond motifs is 1. The number of hydrogen-bond acceptors (Lipinski definition) is 6. The number of hydrogen-bond donors (Lipinski definition) is 5. The molecule has 3 aliphatic rings. The number of aliphatic hydroxyl groups excluding tert-OH is 2. The van der Waals surface area contributed by atoms with E-state index in [1.807, 2.05) is 6.07 Å². The maximum Gasteiger partial charge on any atom is 0.335 e. The molecular weight excluding hydrogens is 402 g/mol. The summed E-state index contributed by atoms with van der Waals surface area (Å²) >= 11 is 0. The van der Waals surface area contributed by atoms with Gasteiger partial charge in [-0.15, -0.1) is 6.58 Å². The molecule has 1 saturated carbocycles. The van der Waals surface area contributed by atoms with Gasteiger partial charge in [0, 0.05) is 18.0 Å². The maximum absolute atomic E-state index is 9.98. The Morgan fingerprint density at radius 2 is 1.84 bits per heavy atom. The fraction of sp³-hybridized carbons (Fsp3) is 0.565. The highest BCUT2D eigenvalue weighted by atomic mass is 16.4. The Balaban J connectivity index is 0.000000233. The van der Waals surface area contributed by atoms with Crippen LogP contribution in [0.1, 0.15) is 43.2 Å². The molecule has 0 spiro atoms. The predicted octanol–water partition coefficient (Wildman–Crippen LogP) is 1.51. The standard InChI is InChI=1S/C19H25NO.C4H6O6/c1-2-10-20-11-9-19-8-4-3-5-16(19)18(20)12-14-6-7-15(21)13-17(14)19;5-1(3(7)8)2(6)4(9)10/h2,6-7,13,16,18,21H,1,3-5,8-12H2;1-2,5-6H,(H,7,8)(H,9,10)/t16-,18+,19+;1-,2+/m1./s1. The van der Waals surface area contributed by atoms with Crippen LogP contribution in [0.5, 0.6) is 5.75 Å². The zero-order valence-electron chi connectivity index (χ0n) is 17.5. The average molecular weight is 434 g/mol. The quantitative estimate of drug-likeness (QED) is 0.441. The third-order valence-corrected chi connectivity index (χ3v) is 7.10. The molecule has 1 saturated heterocycles. The average Bonchev–Trinajstić information content (AvgIpc) is 2.75. The number of piperidine rings is 1. The van der Waals surface area contributed by atoms with Crippen molar-refractivity contribution in [1.82, 2.24) is 4.90 Å². The Morgan fingerprint density at radius 1 is 1.16 bits per heavy atom. The van der Waals surface area contributed by atoms with Crippen LogP contribution in [-0.4, -0.2) is 73.7 Å².